The van der Waals surface area contributed by atoms with E-state index >= 15 is 0 Å². The molecule has 3 nitrogen and oxygen atoms in total. The highest BCUT2D eigenvalue weighted by atomic mass is 16.5. The molecular formula is C18H27NO2. The van der Waals surface area contributed by atoms with Gasteiger partial charge in [0.05, 0.1) is 13.2 Å². The summed E-state index contributed by atoms with van der Waals surface area (Å²) < 4.78 is 11.9. The third kappa shape index (κ3) is 3.79. The van der Waals surface area contributed by atoms with Gasteiger partial charge in [0, 0.05) is 16.5 Å². The molecule has 2 rings (SSSR count). The van der Waals surface area contributed by atoms with Gasteiger partial charge >= 0.3 is 0 Å². The lowest BCUT2D eigenvalue weighted by molar-refractivity contribution is 0.314. The van der Waals surface area contributed by atoms with Crippen LogP contribution in [0.5, 0.6) is 5.75 Å². The Hall–Kier alpha value is -1.48. The molecule has 1 N–H and O–H groups in total. The van der Waals surface area contributed by atoms with Crippen LogP contribution >= 0.6 is 0 Å². The summed E-state index contributed by atoms with van der Waals surface area (Å²) >= 11 is 0. The lowest BCUT2D eigenvalue weighted by Gasteiger charge is -2.19. The second kappa shape index (κ2) is 6.52. The van der Waals surface area contributed by atoms with E-state index in [2.05, 4.69) is 46.0 Å². The second-order valence-corrected chi connectivity index (χ2v) is 6.44. The number of furan rings is 1. The smallest absolute Gasteiger partial charge is 0.176 e. The molecule has 0 unspecified atom stereocenters. The van der Waals surface area contributed by atoms with E-state index in [0.29, 0.717) is 0 Å². The van der Waals surface area contributed by atoms with Crippen molar-refractivity contribution in [2.75, 3.05) is 6.61 Å². The predicted octanol–water partition coefficient (Wildman–Crippen LogP) is 4.67. The lowest BCUT2D eigenvalue weighted by Crippen LogP contribution is -2.35. The van der Waals surface area contributed by atoms with Gasteiger partial charge in [-0.15, -0.1) is 0 Å². The molecule has 0 aliphatic carbocycles. The molecule has 0 atom stereocenters. The summed E-state index contributed by atoms with van der Waals surface area (Å²) in [6, 6.07) is 6.15. The van der Waals surface area contributed by atoms with Crippen LogP contribution in [-0.4, -0.2) is 12.1 Å². The van der Waals surface area contributed by atoms with Crippen LogP contribution in [0.25, 0.3) is 11.0 Å². The molecule has 1 heterocycles. The van der Waals surface area contributed by atoms with Gasteiger partial charge in [0.1, 0.15) is 5.76 Å². The van der Waals surface area contributed by atoms with Crippen LogP contribution in [0.2, 0.25) is 0 Å². The van der Waals surface area contributed by atoms with Crippen LogP contribution in [0.15, 0.2) is 22.6 Å². The minimum atomic E-state index is 0.0749. The largest absolute Gasteiger partial charge is 0.490 e. The van der Waals surface area contributed by atoms with Gasteiger partial charge in [-0.05, 0) is 39.7 Å². The Morgan fingerprint density at radius 3 is 2.57 bits per heavy atom. The molecule has 0 bridgehead atoms. The Morgan fingerprint density at radius 2 is 1.95 bits per heavy atom. The number of fused-ring (bicyclic) bond motifs is 1. The molecule has 3 heteroatoms. The summed E-state index contributed by atoms with van der Waals surface area (Å²) in [5.74, 6) is 1.88. The summed E-state index contributed by atoms with van der Waals surface area (Å²) in [6.07, 6.45) is 1.96. The fourth-order valence-corrected chi connectivity index (χ4v) is 2.40. The fraction of sp³-hybridized carbons (Fsp3) is 0.556. The van der Waals surface area contributed by atoms with E-state index in [1.54, 1.807) is 0 Å². The predicted molar refractivity (Wildman–Crippen MR) is 88.0 cm³/mol. The first-order valence-electron chi connectivity index (χ1n) is 7.87. The number of nitrogens with one attached hydrogen (secondary N) is 1. The van der Waals surface area contributed by atoms with Gasteiger partial charge in [-0.25, -0.2) is 0 Å². The molecule has 0 fully saturated rings. The number of para-hydroxylation sites is 1. The summed E-state index contributed by atoms with van der Waals surface area (Å²) in [5.41, 5.74) is 2.24. The molecule has 1 aromatic carbocycles. The first kappa shape index (κ1) is 15.9. The summed E-state index contributed by atoms with van der Waals surface area (Å²) in [6.45, 7) is 12.2. The van der Waals surface area contributed by atoms with Crippen molar-refractivity contribution in [2.24, 2.45) is 0 Å². The van der Waals surface area contributed by atoms with Crippen molar-refractivity contribution in [1.82, 2.24) is 5.32 Å². The molecule has 0 aliphatic rings. The zero-order chi connectivity index (χ0) is 15.5. The van der Waals surface area contributed by atoms with E-state index < -0.39 is 0 Å². The minimum absolute atomic E-state index is 0.0749. The van der Waals surface area contributed by atoms with Crippen LogP contribution in [0, 0.1) is 0 Å². The summed E-state index contributed by atoms with van der Waals surface area (Å²) in [5, 5.41) is 4.68. The lowest BCUT2D eigenvalue weighted by atomic mass is 10.1. The third-order valence-electron chi connectivity index (χ3n) is 3.46. The van der Waals surface area contributed by atoms with Gasteiger partial charge in [-0.3, -0.25) is 0 Å². The SMILES string of the molecule is CCCOc1cccc2c(CC)c(CNC(C)(C)C)oc12. The van der Waals surface area contributed by atoms with Crippen LogP contribution in [0.4, 0.5) is 0 Å². The number of aryl methyl sites for hydroxylation is 1. The quantitative estimate of drug-likeness (QED) is 0.839. The van der Waals surface area contributed by atoms with Crippen molar-refractivity contribution in [1.29, 1.82) is 0 Å². The van der Waals surface area contributed by atoms with Crippen LogP contribution in [0.3, 0.4) is 0 Å². The molecular weight excluding hydrogens is 262 g/mol. The average molecular weight is 289 g/mol. The van der Waals surface area contributed by atoms with Gasteiger partial charge in [0.15, 0.2) is 11.3 Å². The Kier molecular flexibility index (Phi) is 4.94. The molecule has 116 valence electrons. The first-order chi connectivity index (χ1) is 9.96. The van der Waals surface area contributed by atoms with Crippen molar-refractivity contribution < 1.29 is 9.15 Å². The zero-order valence-electron chi connectivity index (χ0n) is 13.9. The van der Waals surface area contributed by atoms with E-state index in [0.717, 1.165) is 43.1 Å². The normalized spacial score (nSPS) is 12.0. The highest BCUT2D eigenvalue weighted by Crippen LogP contribution is 2.33. The number of ether oxygens (including phenoxy) is 1. The molecule has 0 radical (unpaired) electrons. The van der Waals surface area contributed by atoms with E-state index in [4.69, 9.17) is 9.15 Å². The Labute approximate surface area is 127 Å². The number of rotatable bonds is 6. The molecule has 1 aromatic heterocycles. The minimum Gasteiger partial charge on any atom is -0.490 e. The highest BCUT2D eigenvalue weighted by Gasteiger charge is 2.18. The maximum Gasteiger partial charge on any atom is 0.176 e. The maximum absolute atomic E-state index is 6.13. The van der Waals surface area contributed by atoms with E-state index in [-0.39, 0.29) is 5.54 Å². The maximum atomic E-state index is 6.13. The van der Waals surface area contributed by atoms with Gasteiger partial charge in [0.25, 0.3) is 0 Å². The van der Waals surface area contributed by atoms with Crippen molar-refractivity contribution in [3.63, 3.8) is 0 Å². The van der Waals surface area contributed by atoms with E-state index in [1.165, 1.54) is 10.9 Å². The van der Waals surface area contributed by atoms with Crippen molar-refractivity contribution in [3.8, 4) is 5.75 Å². The van der Waals surface area contributed by atoms with Gasteiger partial charge in [-0.2, -0.15) is 0 Å². The Morgan fingerprint density at radius 1 is 1.19 bits per heavy atom. The van der Waals surface area contributed by atoms with Crippen molar-refractivity contribution in [3.05, 3.63) is 29.5 Å². The molecule has 0 amide bonds. The van der Waals surface area contributed by atoms with Crippen LogP contribution in [-0.2, 0) is 13.0 Å². The van der Waals surface area contributed by atoms with Crippen LogP contribution in [0.1, 0.15) is 52.4 Å². The molecule has 0 saturated heterocycles. The standard InChI is InChI=1S/C18H27NO2/c1-6-11-20-15-10-8-9-14-13(7-2)16(21-17(14)15)12-19-18(3,4)5/h8-10,19H,6-7,11-12H2,1-5H3. The van der Waals surface area contributed by atoms with Gasteiger partial charge in [-0.1, -0.05) is 26.0 Å². The fourth-order valence-electron chi connectivity index (χ4n) is 2.40. The number of hydrogen-bond donors (Lipinski definition) is 1. The average Bonchev–Trinajstić information content (AvgIpc) is 2.80. The second-order valence-electron chi connectivity index (χ2n) is 6.44. The summed E-state index contributed by atoms with van der Waals surface area (Å²) in [4.78, 5) is 0. The monoisotopic (exact) mass is 289 g/mol. The molecule has 2 aromatic rings. The molecule has 0 aliphatic heterocycles. The Balaban J connectivity index is 2.37. The summed E-state index contributed by atoms with van der Waals surface area (Å²) in [7, 11) is 0. The number of benzene rings is 1. The van der Waals surface area contributed by atoms with E-state index in [9.17, 15) is 0 Å². The van der Waals surface area contributed by atoms with Gasteiger partial charge in [0.2, 0.25) is 0 Å². The Bertz CT molecular complexity index is 593. The van der Waals surface area contributed by atoms with Gasteiger partial charge < -0.3 is 14.5 Å². The first-order valence-corrected chi connectivity index (χ1v) is 7.87. The van der Waals surface area contributed by atoms with E-state index in [1.807, 2.05) is 12.1 Å². The molecule has 0 spiro atoms. The van der Waals surface area contributed by atoms with Crippen LogP contribution < -0.4 is 10.1 Å². The third-order valence-corrected chi connectivity index (χ3v) is 3.46. The molecule has 21 heavy (non-hydrogen) atoms. The van der Waals surface area contributed by atoms with Crippen molar-refractivity contribution in [2.45, 2.75) is 59.5 Å². The number of hydrogen-bond acceptors (Lipinski definition) is 3. The topological polar surface area (TPSA) is 34.4 Å². The zero-order valence-corrected chi connectivity index (χ0v) is 13.9. The highest BCUT2D eigenvalue weighted by molar-refractivity contribution is 5.87. The molecule has 0 saturated carbocycles. The van der Waals surface area contributed by atoms with Crippen molar-refractivity contribution >= 4 is 11.0 Å².